The highest BCUT2D eigenvalue weighted by molar-refractivity contribution is 5.02. The van der Waals surface area contributed by atoms with Crippen molar-refractivity contribution >= 4 is 0 Å². The molecule has 1 radical (unpaired) electrons. The Morgan fingerprint density at radius 1 is 1.25 bits per heavy atom. The quantitative estimate of drug-likeness (QED) is 0.526. The molecule has 1 aliphatic carbocycles. The van der Waals surface area contributed by atoms with Gasteiger partial charge in [-0.05, 0) is 46.8 Å². The van der Waals surface area contributed by atoms with E-state index in [1.165, 1.54) is 6.42 Å². The second-order valence-electron chi connectivity index (χ2n) is 3.44. The molecule has 0 heterocycles. The first-order chi connectivity index (χ1) is 5.76. The minimum atomic E-state index is 0.0767. The number of hydrogen-bond donors (Lipinski definition) is 3. The van der Waals surface area contributed by atoms with Crippen LogP contribution in [0.1, 0.15) is 19.3 Å². The maximum atomic E-state index is 3.32. The van der Waals surface area contributed by atoms with E-state index in [0.717, 1.165) is 12.8 Å². The predicted molar refractivity (Wildman–Crippen MR) is 51.8 cm³/mol. The second kappa shape index (κ2) is 4.21. The molecule has 1 saturated carbocycles. The van der Waals surface area contributed by atoms with Gasteiger partial charge in [-0.2, -0.15) is 0 Å². The largest absolute Gasteiger partial charge is 0.317 e. The van der Waals surface area contributed by atoms with E-state index < -0.39 is 0 Å². The van der Waals surface area contributed by atoms with Crippen molar-refractivity contribution in [2.45, 2.75) is 31.0 Å². The topological polar surface area (TPSA) is 36.1 Å². The molecule has 3 heteroatoms. The summed E-state index contributed by atoms with van der Waals surface area (Å²) < 4.78 is 0. The molecule has 0 aromatic carbocycles. The maximum Gasteiger partial charge on any atom is 0.0716 e. The van der Waals surface area contributed by atoms with Gasteiger partial charge in [0.25, 0.3) is 0 Å². The van der Waals surface area contributed by atoms with Crippen LogP contribution in [0.5, 0.6) is 0 Å². The van der Waals surface area contributed by atoms with Gasteiger partial charge in [0.15, 0.2) is 0 Å². The van der Waals surface area contributed by atoms with E-state index in [4.69, 9.17) is 0 Å². The monoisotopic (exact) mass is 170 g/mol. The standard InChI is InChI=1S/C9H20N3/c1-10-8-4-6-9(11-2,12-3)7-5-8/h6,8,10-12H,4-5,7H2,1-3H3. The van der Waals surface area contributed by atoms with Gasteiger partial charge in [-0.3, -0.25) is 0 Å². The highest BCUT2D eigenvalue weighted by atomic mass is 15.2. The van der Waals surface area contributed by atoms with Crippen LogP contribution in [0.15, 0.2) is 0 Å². The zero-order valence-electron chi connectivity index (χ0n) is 8.28. The molecule has 3 N–H and O–H groups in total. The Labute approximate surface area is 75.3 Å². The zero-order chi connectivity index (χ0) is 9.03. The lowest BCUT2D eigenvalue weighted by Gasteiger charge is -2.39. The lowest BCUT2D eigenvalue weighted by Crippen LogP contribution is -2.57. The van der Waals surface area contributed by atoms with Gasteiger partial charge < -0.3 is 16.0 Å². The highest BCUT2D eigenvalue weighted by Gasteiger charge is 2.31. The summed E-state index contributed by atoms with van der Waals surface area (Å²) >= 11 is 0. The molecule has 0 amide bonds. The number of rotatable bonds is 3. The first kappa shape index (κ1) is 9.96. The first-order valence-corrected chi connectivity index (χ1v) is 4.66. The van der Waals surface area contributed by atoms with Crippen LogP contribution in [0.25, 0.3) is 0 Å². The maximum absolute atomic E-state index is 3.32. The van der Waals surface area contributed by atoms with Gasteiger partial charge >= 0.3 is 0 Å². The lowest BCUT2D eigenvalue weighted by molar-refractivity contribution is 0.248. The molecule has 12 heavy (non-hydrogen) atoms. The molecular weight excluding hydrogens is 150 g/mol. The Hall–Kier alpha value is -0.120. The molecule has 1 atom stereocenters. The molecular formula is C9H20N3. The van der Waals surface area contributed by atoms with Crippen molar-refractivity contribution in [3.8, 4) is 0 Å². The average Bonchev–Trinajstić information content (AvgIpc) is 2.18. The van der Waals surface area contributed by atoms with Crippen molar-refractivity contribution in [2.24, 2.45) is 0 Å². The minimum absolute atomic E-state index is 0.0767. The van der Waals surface area contributed by atoms with E-state index >= 15 is 0 Å². The van der Waals surface area contributed by atoms with Gasteiger partial charge in [0.05, 0.1) is 5.66 Å². The van der Waals surface area contributed by atoms with E-state index in [1.807, 2.05) is 21.1 Å². The fourth-order valence-corrected chi connectivity index (χ4v) is 1.81. The van der Waals surface area contributed by atoms with Crippen molar-refractivity contribution in [2.75, 3.05) is 21.1 Å². The van der Waals surface area contributed by atoms with E-state index in [0.29, 0.717) is 6.04 Å². The van der Waals surface area contributed by atoms with Crippen LogP contribution in [0, 0.1) is 6.42 Å². The Kier molecular flexibility index (Phi) is 3.50. The zero-order valence-corrected chi connectivity index (χ0v) is 8.28. The molecule has 0 aliphatic heterocycles. The lowest BCUT2D eigenvalue weighted by atomic mass is 9.86. The third-order valence-electron chi connectivity index (χ3n) is 2.94. The molecule has 1 rings (SSSR count). The van der Waals surface area contributed by atoms with Gasteiger partial charge in [-0.1, -0.05) is 0 Å². The van der Waals surface area contributed by atoms with Crippen LogP contribution in [0.3, 0.4) is 0 Å². The number of nitrogens with one attached hydrogen (secondary N) is 3. The summed E-state index contributed by atoms with van der Waals surface area (Å²) in [4.78, 5) is 0. The minimum Gasteiger partial charge on any atom is -0.317 e. The Balaban J connectivity index is 2.42. The van der Waals surface area contributed by atoms with E-state index in [-0.39, 0.29) is 5.66 Å². The Bertz CT molecular complexity index is 122. The van der Waals surface area contributed by atoms with Crippen molar-refractivity contribution in [1.82, 2.24) is 16.0 Å². The van der Waals surface area contributed by atoms with E-state index in [2.05, 4.69) is 22.4 Å². The van der Waals surface area contributed by atoms with Crippen molar-refractivity contribution in [1.29, 1.82) is 0 Å². The van der Waals surface area contributed by atoms with Gasteiger partial charge in [0, 0.05) is 6.04 Å². The van der Waals surface area contributed by atoms with Crippen LogP contribution in [-0.4, -0.2) is 32.8 Å². The van der Waals surface area contributed by atoms with Crippen LogP contribution < -0.4 is 16.0 Å². The SMILES string of the molecule is CNC1C[CH]C(NC)(NC)CC1. The third kappa shape index (κ3) is 1.97. The molecule has 0 aromatic heterocycles. The van der Waals surface area contributed by atoms with Gasteiger partial charge in [0.2, 0.25) is 0 Å². The van der Waals surface area contributed by atoms with Crippen LogP contribution in [-0.2, 0) is 0 Å². The van der Waals surface area contributed by atoms with Crippen LogP contribution in [0.4, 0.5) is 0 Å². The van der Waals surface area contributed by atoms with Gasteiger partial charge in [0.1, 0.15) is 0 Å². The predicted octanol–water partition coefficient (Wildman–Crippen LogP) is 0.0977. The van der Waals surface area contributed by atoms with Crippen molar-refractivity contribution < 1.29 is 0 Å². The molecule has 0 aromatic rings. The molecule has 71 valence electrons. The Morgan fingerprint density at radius 2 is 1.92 bits per heavy atom. The van der Waals surface area contributed by atoms with Gasteiger partial charge in [-0.15, -0.1) is 0 Å². The van der Waals surface area contributed by atoms with Crippen LogP contribution >= 0.6 is 0 Å². The molecule has 0 saturated heterocycles. The molecule has 1 aliphatic rings. The average molecular weight is 170 g/mol. The summed E-state index contributed by atoms with van der Waals surface area (Å²) in [6, 6.07) is 0.667. The van der Waals surface area contributed by atoms with Gasteiger partial charge in [-0.25, -0.2) is 0 Å². The highest BCUT2D eigenvalue weighted by Crippen LogP contribution is 2.24. The summed E-state index contributed by atoms with van der Waals surface area (Å²) in [6.07, 6.45) is 5.86. The molecule has 3 nitrogen and oxygen atoms in total. The smallest absolute Gasteiger partial charge is 0.0716 e. The fourth-order valence-electron chi connectivity index (χ4n) is 1.81. The Morgan fingerprint density at radius 3 is 2.25 bits per heavy atom. The van der Waals surface area contributed by atoms with E-state index in [9.17, 15) is 0 Å². The summed E-state index contributed by atoms with van der Waals surface area (Å²) in [5, 5.41) is 9.94. The normalized spacial score (nSPS) is 24.2. The summed E-state index contributed by atoms with van der Waals surface area (Å²) in [5.41, 5.74) is 0.0767. The summed E-state index contributed by atoms with van der Waals surface area (Å²) in [6.45, 7) is 0. The summed E-state index contributed by atoms with van der Waals surface area (Å²) in [7, 11) is 6.05. The van der Waals surface area contributed by atoms with E-state index in [1.54, 1.807) is 0 Å². The number of hydrogen-bond acceptors (Lipinski definition) is 3. The molecule has 1 unspecified atom stereocenters. The summed E-state index contributed by atoms with van der Waals surface area (Å²) in [5.74, 6) is 0. The molecule has 1 fully saturated rings. The van der Waals surface area contributed by atoms with Crippen LogP contribution in [0.2, 0.25) is 0 Å². The van der Waals surface area contributed by atoms with Crippen molar-refractivity contribution in [3.05, 3.63) is 6.42 Å². The molecule has 0 bridgehead atoms. The van der Waals surface area contributed by atoms with Crippen molar-refractivity contribution in [3.63, 3.8) is 0 Å². The second-order valence-corrected chi connectivity index (χ2v) is 3.44. The third-order valence-corrected chi connectivity index (χ3v) is 2.94. The fraction of sp³-hybridized carbons (Fsp3) is 0.889. The molecule has 0 spiro atoms. The first-order valence-electron chi connectivity index (χ1n) is 4.66.